The minimum absolute atomic E-state index is 0.0380. The highest BCUT2D eigenvalue weighted by Gasteiger charge is 2.53. The summed E-state index contributed by atoms with van der Waals surface area (Å²) in [4.78, 5) is 16.8. The highest BCUT2D eigenvalue weighted by atomic mass is 16.5. The zero-order chi connectivity index (χ0) is 24.3. The number of fused-ring (bicyclic) bond motifs is 2. The van der Waals surface area contributed by atoms with Crippen LogP contribution >= 0.6 is 0 Å². The fourth-order valence-corrected chi connectivity index (χ4v) is 6.17. The van der Waals surface area contributed by atoms with Crippen LogP contribution in [0.5, 0.6) is 0 Å². The molecular formula is C29H39N3O3. The average molecular weight is 478 g/mol. The highest BCUT2D eigenvalue weighted by molar-refractivity contribution is 5.89. The van der Waals surface area contributed by atoms with Crippen LogP contribution in [-0.4, -0.2) is 66.3 Å². The second-order valence-electron chi connectivity index (χ2n) is 10.9. The minimum atomic E-state index is -0.785. The van der Waals surface area contributed by atoms with Crippen molar-refractivity contribution in [3.05, 3.63) is 71.8 Å². The Bertz CT molecular complexity index is 987. The van der Waals surface area contributed by atoms with Gasteiger partial charge in [0.05, 0.1) is 6.10 Å². The second-order valence-corrected chi connectivity index (χ2v) is 10.9. The predicted molar refractivity (Wildman–Crippen MR) is 137 cm³/mol. The Balaban J connectivity index is 0.000000145. The third kappa shape index (κ3) is 5.31. The number of nitrogens with zero attached hydrogens (tertiary/aromatic N) is 2. The molecule has 4 aliphatic rings. The summed E-state index contributed by atoms with van der Waals surface area (Å²) >= 11 is 0. The van der Waals surface area contributed by atoms with Crippen molar-refractivity contribution in [2.24, 2.45) is 11.1 Å². The van der Waals surface area contributed by atoms with Gasteiger partial charge in [0, 0.05) is 51.4 Å². The summed E-state index contributed by atoms with van der Waals surface area (Å²) in [5.41, 5.74) is 8.39. The highest BCUT2D eigenvalue weighted by Crippen LogP contribution is 2.40. The van der Waals surface area contributed by atoms with E-state index in [0.717, 1.165) is 44.7 Å². The zero-order valence-corrected chi connectivity index (χ0v) is 20.9. The van der Waals surface area contributed by atoms with Crippen molar-refractivity contribution in [3.63, 3.8) is 0 Å². The molecule has 6 heteroatoms. The fraction of sp³-hybridized carbons (Fsp3) is 0.552. The third-order valence-electron chi connectivity index (χ3n) is 8.16. The first kappa shape index (κ1) is 24.4. The first-order chi connectivity index (χ1) is 17.0. The van der Waals surface area contributed by atoms with E-state index >= 15 is 0 Å². The molecule has 6 nitrogen and oxygen atoms in total. The van der Waals surface area contributed by atoms with Gasteiger partial charge < -0.3 is 20.1 Å². The van der Waals surface area contributed by atoms with E-state index in [4.69, 9.17) is 15.2 Å². The molecule has 0 saturated carbocycles. The van der Waals surface area contributed by atoms with Crippen LogP contribution in [0.4, 0.5) is 0 Å². The molecule has 0 radical (unpaired) electrons. The van der Waals surface area contributed by atoms with Crippen molar-refractivity contribution in [1.29, 1.82) is 0 Å². The lowest BCUT2D eigenvalue weighted by molar-refractivity contribution is -0.135. The number of hydrogen-bond donors (Lipinski definition) is 1. The van der Waals surface area contributed by atoms with Gasteiger partial charge in [0.2, 0.25) is 5.91 Å². The van der Waals surface area contributed by atoms with Crippen molar-refractivity contribution in [2.45, 2.75) is 63.4 Å². The molecule has 0 aromatic heterocycles. The standard InChI is InChI=1S/C15H21NO.C14H18N2O2/c1-15-8-5-9-17-14(15)11-16(12-15)10-13-6-3-2-4-7-13;15-14-7-4-8-18-12(14)10-16(13(14)17)9-11-5-2-1-3-6-11/h2-4,6-7,14H,5,8-12H2,1H3;1-3,5-6,12H,4,7-10,15H2. The number of carbonyl (C=O) groups excluding carboxylic acids is 1. The molecule has 4 atom stereocenters. The van der Waals surface area contributed by atoms with E-state index in [9.17, 15) is 4.79 Å². The quantitative estimate of drug-likeness (QED) is 0.729. The van der Waals surface area contributed by atoms with Crippen LogP contribution in [0.1, 0.15) is 43.7 Å². The molecule has 188 valence electrons. The van der Waals surface area contributed by atoms with E-state index in [1.165, 1.54) is 24.9 Å². The van der Waals surface area contributed by atoms with Gasteiger partial charge in [-0.05, 0) is 36.8 Å². The number of nitrogens with two attached hydrogens (primary N) is 1. The number of benzene rings is 2. The molecule has 4 saturated heterocycles. The molecule has 0 aliphatic carbocycles. The lowest BCUT2D eigenvalue weighted by atomic mass is 9.81. The van der Waals surface area contributed by atoms with Crippen molar-refractivity contribution < 1.29 is 14.3 Å². The molecule has 4 heterocycles. The molecular weight excluding hydrogens is 438 g/mol. The summed E-state index contributed by atoms with van der Waals surface area (Å²) in [5, 5.41) is 0. The zero-order valence-electron chi connectivity index (χ0n) is 20.9. The number of ether oxygens (including phenoxy) is 2. The Hall–Kier alpha value is -2.25. The molecule has 1 amide bonds. The first-order valence-electron chi connectivity index (χ1n) is 13.1. The lowest BCUT2D eigenvalue weighted by Crippen LogP contribution is -2.57. The summed E-state index contributed by atoms with van der Waals surface area (Å²) in [6, 6.07) is 20.7. The Morgan fingerprint density at radius 1 is 0.857 bits per heavy atom. The second kappa shape index (κ2) is 10.4. The van der Waals surface area contributed by atoms with Crippen LogP contribution in [0.3, 0.4) is 0 Å². The fourth-order valence-electron chi connectivity index (χ4n) is 6.17. The van der Waals surface area contributed by atoms with Crippen molar-refractivity contribution in [1.82, 2.24) is 9.80 Å². The largest absolute Gasteiger partial charge is 0.376 e. The summed E-state index contributed by atoms with van der Waals surface area (Å²) in [6.07, 6.45) is 4.48. The number of rotatable bonds is 4. The van der Waals surface area contributed by atoms with Gasteiger partial charge in [-0.1, -0.05) is 67.6 Å². The molecule has 4 unspecified atom stereocenters. The van der Waals surface area contributed by atoms with Gasteiger partial charge in [0.25, 0.3) is 0 Å². The van der Waals surface area contributed by atoms with Crippen LogP contribution in [0.2, 0.25) is 0 Å². The molecule has 2 aromatic rings. The van der Waals surface area contributed by atoms with Gasteiger partial charge in [-0.3, -0.25) is 9.69 Å². The minimum Gasteiger partial charge on any atom is -0.376 e. The SMILES string of the molecule is CC12CCCOC1CN(Cc1ccccc1)C2.NC12CCCOC1CN(Cc1ccccc1)C2=O. The smallest absolute Gasteiger partial charge is 0.245 e. The van der Waals surface area contributed by atoms with Crippen LogP contribution in [0, 0.1) is 5.41 Å². The van der Waals surface area contributed by atoms with E-state index in [1.807, 2.05) is 35.2 Å². The maximum atomic E-state index is 12.4. The van der Waals surface area contributed by atoms with Gasteiger partial charge in [-0.15, -0.1) is 0 Å². The van der Waals surface area contributed by atoms with Crippen LogP contribution in [-0.2, 0) is 27.4 Å². The summed E-state index contributed by atoms with van der Waals surface area (Å²) in [6.45, 7) is 8.66. The van der Waals surface area contributed by atoms with Crippen molar-refractivity contribution >= 4 is 5.91 Å². The first-order valence-corrected chi connectivity index (χ1v) is 13.1. The molecule has 2 N–H and O–H groups in total. The molecule has 0 spiro atoms. The monoisotopic (exact) mass is 477 g/mol. The molecule has 35 heavy (non-hydrogen) atoms. The van der Waals surface area contributed by atoms with Crippen LogP contribution in [0.25, 0.3) is 0 Å². The molecule has 6 rings (SSSR count). The summed E-state index contributed by atoms with van der Waals surface area (Å²) in [5.74, 6) is 0.0380. The summed E-state index contributed by atoms with van der Waals surface area (Å²) < 4.78 is 11.6. The van der Waals surface area contributed by atoms with Gasteiger partial charge in [-0.2, -0.15) is 0 Å². The van der Waals surface area contributed by atoms with Gasteiger partial charge >= 0.3 is 0 Å². The van der Waals surface area contributed by atoms with E-state index in [1.54, 1.807) is 0 Å². The van der Waals surface area contributed by atoms with E-state index in [0.29, 0.717) is 24.6 Å². The topological polar surface area (TPSA) is 68.0 Å². The Morgan fingerprint density at radius 3 is 2.09 bits per heavy atom. The number of carbonyl (C=O) groups is 1. The molecule has 4 fully saturated rings. The maximum absolute atomic E-state index is 12.4. The van der Waals surface area contributed by atoms with Gasteiger partial charge in [0.15, 0.2) is 0 Å². The Kier molecular flexibility index (Phi) is 7.26. The van der Waals surface area contributed by atoms with Gasteiger partial charge in [-0.25, -0.2) is 0 Å². The third-order valence-corrected chi connectivity index (χ3v) is 8.16. The molecule has 4 aliphatic heterocycles. The number of amides is 1. The number of hydrogen-bond acceptors (Lipinski definition) is 5. The Morgan fingerprint density at radius 2 is 1.46 bits per heavy atom. The molecule has 2 aromatic carbocycles. The summed E-state index contributed by atoms with van der Waals surface area (Å²) in [7, 11) is 0. The average Bonchev–Trinajstić information content (AvgIpc) is 3.33. The molecule has 0 bridgehead atoms. The van der Waals surface area contributed by atoms with Gasteiger partial charge in [0.1, 0.15) is 11.6 Å². The van der Waals surface area contributed by atoms with E-state index in [2.05, 4.69) is 42.2 Å². The normalized spacial score (nSPS) is 32.5. The van der Waals surface area contributed by atoms with E-state index in [-0.39, 0.29) is 12.0 Å². The van der Waals surface area contributed by atoms with E-state index < -0.39 is 5.54 Å². The maximum Gasteiger partial charge on any atom is 0.245 e. The lowest BCUT2D eigenvalue weighted by Gasteiger charge is -2.34. The van der Waals surface area contributed by atoms with Crippen molar-refractivity contribution in [3.8, 4) is 0 Å². The Labute approximate surface area is 209 Å². The van der Waals surface area contributed by atoms with Crippen LogP contribution in [0.15, 0.2) is 60.7 Å². The van der Waals surface area contributed by atoms with Crippen molar-refractivity contribution in [2.75, 3.05) is 32.8 Å². The predicted octanol–water partition coefficient (Wildman–Crippen LogP) is 3.59. The number of likely N-dealkylation sites (tertiary alicyclic amines) is 2. The van der Waals surface area contributed by atoms with Crippen LogP contribution < -0.4 is 5.73 Å².